The fourth-order valence-corrected chi connectivity index (χ4v) is 2.20. The molecule has 128 valence electrons. The van der Waals surface area contributed by atoms with Crippen LogP contribution in [0.25, 0.3) is 0 Å². The zero-order valence-corrected chi connectivity index (χ0v) is 13.9. The topological polar surface area (TPSA) is 118 Å². The summed E-state index contributed by atoms with van der Waals surface area (Å²) >= 11 is 0. The minimum absolute atomic E-state index is 0.237. The van der Waals surface area contributed by atoms with Crippen LogP contribution >= 0.6 is 7.82 Å². The maximum absolute atomic E-state index is 11.5. The van der Waals surface area contributed by atoms with E-state index in [2.05, 4.69) is 27.7 Å². The van der Waals surface area contributed by atoms with Crippen molar-refractivity contribution in [2.75, 3.05) is 45.9 Å². The van der Waals surface area contributed by atoms with E-state index >= 15 is 0 Å². The standard InChI is InChI=1S/C12H31N4O4P/c1-2-3-4-5-12-19-21(17,18)20-16-11-10-15-9-8-14-7-6-13/h14-16H,2-13H2,1H3,(H,17,18). The molecule has 0 aromatic carbocycles. The summed E-state index contributed by atoms with van der Waals surface area (Å²) < 4.78 is 20.9. The predicted octanol–water partition coefficient (Wildman–Crippen LogP) is 0.343. The second-order valence-corrected chi connectivity index (χ2v) is 6.01. The van der Waals surface area contributed by atoms with Crippen molar-refractivity contribution in [3.63, 3.8) is 0 Å². The number of unbranched alkanes of at least 4 members (excludes halogenated alkanes) is 3. The number of nitrogens with two attached hydrogens (primary N) is 1. The normalized spacial score (nSPS) is 14.2. The molecule has 6 N–H and O–H groups in total. The van der Waals surface area contributed by atoms with Crippen LogP contribution in [-0.2, 0) is 13.7 Å². The summed E-state index contributed by atoms with van der Waals surface area (Å²) in [6, 6.07) is 0. The van der Waals surface area contributed by atoms with Gasteiger partial charge in [0.25, 0.3) is 0 Å². The molecule has 0 radical (unpaired) electrons. The van der Waals surface area contributed by atoms with Gasteiger partial charge in [0.1, 0.15) is 0 Å². The lowest BCUT2D eigenvalue weighted by Crippen LogP contribution is -2.34. The van der Waals surface area contributed by atoms with Crippen molar-refractivity contribution in [1.29, 1.82) is 0 Å². The Morgan fingerprint density at radius 1 is 1.05 bits per heavy atom. The second kappa shape index (κ2) is 14.9. The van der Waals surface area contributed by atoms with Crippen LogP contribution in [0.1, 0.15) is 32.6 Å². The molecule has 0 aliphatic heterocycles. The Labute approximate surface area is 127 Å². The summed E-state index contributed by atoms with van der Waals surface area (Å²) in [4.78, 5) is 9.38. The predicted molar refractivity (Wildman–Crippen MR) is 83.8 cm³/mol. The van der Waals surface area contributed by atoms with Crippen LogP contribution in [0, 0.1) is 0 Å². The molecule has 1 atom stereocenters. The highest BCUT2D eigenvalue weighted by Gasteiger charge is 2.20. The van der Waals surface area contributed by atoms with E-state index in [1.807, 2.05) is 0 Å². The second-order valence-electron chi connectivity index (χ2n) is 4.64. The Balaban J connectivity index is 3.34. The summed E-state index contributed by atoms with van der Waals surface area (Å²) in [5.41, 5.74) is 7.78. The van der Waals surface area contributed by atoms with Crippen molar-refractivity contribution in [3.05, 3.63) is 0 Å². The highest BCUT2D eigenvalue weighted by atomic mass is 31.2. The smallest absolute Gasteiger partial charge is 0.329 e. The zero-order chi connectivity index (χ0) is 15.8. The average molecular weight is 326 g/mol. The first kappa shape index (κ1) is 20.9. The van der Waals surface area contributed by atoms with Gasteiger partial charge in [0.05, 0.1) is 6.61 Å². The van der Waals surface area contributed by atoms with Crippen LogP contribution < -0.4 is 21.8 Å². The molecule has 0 aromatic heterocycles. The molecule has 0 fully saturated rings. The van der Waals surface area contributed by atoms with Gasteiger partial charge in [-0.25, -0.2) is 4.57 Å². The number of rotatable bonds is 16. The monoisotopic (exact) mass is 326 g/mol. The van der Waals surface area contributed by atoms with Gasteiger partial charge in [-0.05, 0) is 6.42 Å². The SMILES string of the molecule is CCCCCCOP(=O)(O)ONCCNCCNCCN. The number of phosphoric ester groups is 1. The van der Waals surface area contributed by atoms with Gasteiger partial charge in [0, 0.05) is 39.3 Å². The molecule has 0 heterocycles. The van der Waals surface area contributed by atoms with Crippen LogP contribution in [0.2, 0.25) is 0 Å². The van der Waals surface area contributed by atoms with Gasteiger partial charge >= 0.3 is 7.82 Å². The summed E-state index contributed by atoms with van der Waals surface area (Å²) in [5, 5.41) is 6.28. The van der Waals surface area contributed by atoms with Crippen LogP contribution in [-0.4, -0.2) is 50.8 Å². The van der Waals surface area contributed by atoms with E-state index in [9.17, 15) is 9.46 Å². The number of hydroxylamine groups is 1. The molecule has 0 saturated carbocycles. The Morgan fingerprint density at radius 2 is 1.71 bits per heavy atom. The Morgan fingerprint density at radius 3 is 2.38 bits per heavy atom. The maximum atomic E-state index is 11.5. The molecule has 8 nitrogen and oxygen atoms in total. The Hall–Kier alpha value is -0.0500. The highest BCUT2D eigenvalue weighted by molar-refractivity contribution is 7.47. The third kappa shape index (κ3) is 16.2. The van der Waals surface area contributed by atoms with E-state index < -0.39 is 7.82 Å². The molecule has 0 spiro atoms. The van der Waals surface area contributed by atoms with Gasteiger partial charge in [-0.3, -0.25) is 4.52 Å². The van der Waals surface area contributed by atoms with E-state index in [1.165, 1.54) is 0 Å². The maximum Gasteiger partial charge on any atom is 0.488 e. The number of nitrogens with one attached hydrogen (secondary N) is 3. The lowest BCUT2D eigenvalue weighted by Gasteiger charge is -2.12. The van der Waals surface area contributed by atoms with Crippen molar-refractivity contribution in [3.8, 4) is 0 Å². The Kier molecular flexibility index (Phi) is 14.8. The van der Waals surface area contributed by atoms with E-state index in [-0.39, 0.29) is 6.61 Å². The molecule has 1 unspecified atom stereocenters. The third-order valence-electron chi connectivity index (χ3n) is 2.64. The van der Waals surface area contributed by atoms with Gasteiger partial charge < -0.3 is 21.3 Å². The van der Waals surface area contributed by atoms with Crippen LogP contribution in [0.5, 0.6) is 0 Å². The van der Waals surface area contributed by atoms with Gasteiger partial charge in [0.15, 0.2) is 0 Å². The molecule has 0 rings (SSSR count). The number of hydrogen-bond donors (Lipinski definition) is 5. The largest absolute Gasteiger partial charge is 0.488 e. The first-order chi connectivity index (χ1) is 10.1. The molecule has 0 saturated heterocycles. The van der Waals surface area contributed by atoms with Crippen LogP contribution in [0.15, 0.2) is 0 Å². The van der Waals surface area contributed by atoms with E-state index in [0.29, 0.717) is 19.6 Å². The number of hydrogen-bond acceptors (Lipinski definition) is 7. The summed E-state index contributed by atoms with van der Waals surface area (Å²) in [6.07, 6.45) is 3.97. The molecule has 0 aliphatic carbocycles. The molecule has 9 heteroatoms. The quantitative estimate of drug-likeness (QED) is 0.157. The molecule has 21 heavy (non-hydrogen) atoms. The van der Waals surface area contributed by atoms with Gasteiger partial charge in [-0.1, -0.05) is 26.2 Å². The molecular weight excluding hydrogens is 295 g/mol. The molecular formula is C12H31N4O4P. The van der Waals surface area contributed by atoms with Gasteiger partial charge in [-0.2, -0.15) is 10.1 Å². The zero-order valence-electron chi connectivity index (χ0n) is 13.0. The van der Waals surface area contributed by atoms with E-state index in [4.69, 9.17) is 10.3 Å². The summed E-state index contributed by atoms with van der Waals surface area (Å²) in [5.74, 6) is 0. The minimum atomic E-state index is -3.98. The van der Waals surface area contributed by atoms with Crippen molar-refractivity contribution < 1.29 is 18.6 Å². The number of phosphoric acid groups is 1. The van der Waals surface area contributed by atoms with Gasteiger partial charge in [-0.15, -0.1) is 0 Å². The lowest BCUT2D eigenvalue weighted by molar-refractivity contribution is 0.0961. The highest BCUT2D eigenvalue weighted by Crippen LogP contribution is 2.41. The minimum Gasteiger partial charge on any atom is -0.329 e. The van der Waals surface area contributed by atoms with E-state index in [0.717, 1.165) is 45.3 Å². The van der Waals surface area contributed by atoms with Crippen molar-refractivity contribution in [2.45, 2.75) is 32.6 Å². The van der Waals surface area contributed by atoms with Crippen molar-refractivity contribution >= 4 is 7.82 Å². The van der Waals surface area contributed by atoms with E-state index in [1.54, 1.807) is 0 Å². The van der Waals surface area contributed by atoms with Crippen LogP contribution in [0.3, 0.4) is 0 Å². The molecule has 0 bridgehead atoms. The summed E-state index contributed by atoms with van der Waals surface area (Å²) in [6.45, 7) is 6.44. The first-order valence-electron chi connectivity index (χ1n) is 7.62. The molecule has 0 aromatic rings. The molecule has 0 aliphatic rings. The lowest BCUT2D eigenvalue weighted by atomic mass is 10.2. The van der Waals surface area contributed by atoms with Crippen molar-refractivity contribution in [2.24, 2.45) is 5.73 Å². The Bertz CT molecular complexity index is 272. The van der Waals surface area contributed by atoms with Gasteiger partial charge in [0.2, 0.25) is 0 Å². The third-order valence-corrected chi connectivity index (χ3v) is 3.50. The molecule has 0 amide bonds. The first-order valence-corrected chi connectivity index (χ1v) is 9.12. The van der Waals surface area contributed by atoms with Crippen molar-refractivity contribution in [1.82, 2.24) is 16.1 Å². The summed E-state index contributed by atoms with van der Waals surface area (Å²) in [7, 11) is -3.98. The fraction of sp³-hybridized carbons (Fsp3) is 1.00. The fourth-order valence-electron chi connectivity index (χ4n) is 1.53. The van der Waals surface area contributed by atoms with Crippen LogP contribution in [0.4, 0.5) is 0 Å². The average Bonchev–Trinajstić information content (AvgIpc) is 2.45.